The summed E-state index contributed by atoms with van der Waals surface area (Å²) in [6, 6.07) is 8.45. The molecule has 2 heterocycles. The number of nitrogens with one attached hydrogen (secondary N) is 1. The summed E-state index contributed by atoms with van der Waals surface area (Å²) in [7, 11) is 1.95. The maximum Gasteiger partial charge on any atom is 0.310 e. The molecule has 6 nitrogen and oxygen atoms in total. The third kappa shape index (κ3) is 5.05. The van der Waals surface area contributed by atoms with E-state index in [2.05, 4.69) is 15.3 Å². The van der Waals surface area contributed by atoms with Crippen molar-refractivity contribution >= 4 is 53.2 Å². The lowest BCUT2D eigenvalue weighted by atomic mass is 9.70. The summed E-state index contributed by atoms with van der Waals surface area (Å²) >= 11 is 7.30. The number of anilines is 2. The minimum absolute atomic E-state index is 0.00544. The summed E-state index contributed by atoms with van der Waals surface area (Å²) in [4.78, 5) is 21.1. The number of pyridine rings is 1. The van der Waals surface area contributed by atoms with Crippen molar-refractivity contribution in [3.8, 4) is 5.75 Å². The highest BCUT2D eigenvalue weighted by Crippen LogP contribution is 2.41. The number of hydrogen-bond acceptors (Lipinski definition) is 6. The standard InChI is InChI=1S/C22H22BClFN3O3S/c23-13-10-14(27-18(11-13)28-21-26-8-9-32-21)12-22(20(29)30)6-4-15(5-7-22)31-17-3-1-2-16(24)19(17)25/h1-3,8-11,15H,4-7,12,23H2,(H,29,30)(H,26,27,28)/t15-,22-. The van der Waals surface area contributed by atoms with Gasteiger partial charge in [0.25, 0.3) is 0 Å². The second-order valence-corrected chi connectivity index (χ2v) is 9.42. The van der Waals surface area contributed by atoms with Gasteiger partial charge in [-0.1, -0.05) is 23.1 Å². The number of carboxylic acids is 1. The van der Waals surface area contributed by atoms with E-state index in [4.69, 9.17) is 16.3 Å². The Kier molecular flexibility index (Phi) is 6.67. The minimum Gasteiger partial charge on any atom is -0.487 e. The smallest absolute Gasteiger partial charge is 0.310 e. The van der Waals surface area contributed by atoms with Crippen LogP contribution in [0.4, 0.5) is 15.3 Å². The van der Waals surface area contributed by atoms with Crippen LogP contribution < -0.4 is 15.5 Å². The zero-order valence-electron chi connectivity index (χ0n) is 17.5. The number of carbonyl (C=O) groups is 1. The number of rotatable bonds is 7. The number of nitrogens with zero attached hydrogens (tertiary/aromatic N) is 2. The summed E-state index contributed by atoms with van der Waals surface area (Å²) in [6.45, 7) is 0. The third-order valence-electron chi connectivity index (χ3n) is 5.76. The predicted octanol–water partition coefficient (Wildman–Crippen LogP) is 3.97. The van der Waals surface area contributed by atoms with Crippen LogP contribution in [0.5, 0.6) is 5.75 Å². The van der Waals surface area contributed by atoms with E-state index in [9.17, 15) is 14.3 Å². The van der Waals surface area contributed by atoms with E-state index in [1.54, 1.807) is 12.3 Å². The van der Waals surface area contributed by atoms with Crippen molar-refractivity contribution in [3.05, 3.63) is 58.4 Å². The number of halogens is 2. The van der Waals surface area contributed by atoms with Gasteiger partial charge in [0.1, 0.15) is 13.7 Å². The molecular weight excluding hydrogens is 452 g/mol. The van der Waals surface area contributed by atoms with Gasteiger partial charge >= 0.3 is 5.97 Å². The second-order valence-electron chi connectivity index (χ2n) is 8.11. The van der Waals surface area contributed by atoms with E-state index in [1.807, 2.05) is 25.4 Å². The molecule has 2 aromatic heterocycles. The van der Waals surface area contributed by atoms with Gasteiger partial charge in [-0.25, -0.2) is 14.4 Å². The highest BCUT2D eigenvalue weighted by Gasteiger charge is 2.43. The van der Waals surface area contributed by atoms with Gasteiger partial charge in [0.2, 0.25) is 0 Å². The van der Waals surface area contributed by atoms with E-state index in [1.165, 1.54) is 23.5 Å². The Labute approximate surface area is 195 Å². The molecule has 1 fully saturated rings. The lowest BCUT2D eigenvalue weighted by Gasteiger charge is -2.36. The van der Waals surface area contributed by atoms with Crippen molar-refractivity contribution in [2.24, 2.45) is 5.41 Å². The first-order valence-corrected chi connectivity index (χ1v) is 11.6. The number of aliphatic carboxylic acids is 1. The summed E-state index contributed by atoms with van der Waals surface area (Å²) < 4.78 is 20.0. The van der Waals surface area contributed by atoms with Gasteiger partial charge in [-0.05, 0) is 49.9 Å². The van der Waals surface area contributed by atoms with Gasteiger partial charge < -0.3 is 15.2 Å². The Balaban J connectivity index is 1.47. The Morgan fingerprint density at radius 2 is 2.16 bits per heavy atom. The summed E-state index contributed by atoms with van der Waals surface area (Å²) in [6.07, 6.45) is 3.61. The highest BCUT2D eigenvalue weighted by atomic mass is 35.5. The quantitative estimate of drug-likeness (QED) is 0.505. The molecule has 0 amide bonds. The molecule has 10 heteroatoms. The molecule has 0 bridgehead atoms. The van der Waals surface area contributed by atoms with Crippen LogP contribution in [0.15, 0.2) is 41.9 Å². The fraction of sp³-hybridized carbons (Fsp3) is 0.318. The summed E-state index contributed by atoms with van der Waals surface area (Å²) in [5.41, 5.74) is 0.765. The largest absolute Gasteiger partial charge is 0.487 e. The van der Waals surface area contributed by atoms with E-state index >= 15 is 0 Å². The zero-order chi connectivity index (χ0) is 22.7. The van der Waals surface area contributed by atoms with Gasteiger partial charge in [-0.2, -0.15) is 0 Å². The average molecular weight is 474 g/mol. The van der Waals surface area contributed by atoms with Crippen LogP contribution in [0.1, 0.15) is 31.4 Å². The van der Waals surface area contributed by atoms with Crippen LogP contribution >= 0.6 is 22.9 Å². The molecule has 3 aromatic rings. The molecule has 1 aromatic carbocycles. The van der Waals surface area contributed by atoms with Crippen LogP contribution in [-0.2, 0) is 11.2 Å². The van der Waals surface area contributed by atoms with Gasteiger partial charge in [0.05, 0.1) is 16.5 Å². The van der Waals surface area contributed by atoms with E-state index < -0.39 is 17.2 Å². The maximum absolute atomic E-state index is 14.2. The fourth-order valence-corrected chi connectivity index (χ4v) is 4.82. The molecule has 0 radical (unpaired) electrons. The third-order valence-corrected chi connectivity index (χ3v) is 6.74. The van der Waals surface area contributed by atoms with Crippen molar-refractivity contribution in [2.45, 2.75) is 38.2 Å². The van der Waals surface area contributed by atoms with Gasteiger partial charge in [0, 0.05) is 23.7 Å². The Bertz CT molecular complexity index is 1110. The summed E-state index contributed by atoms with van der Waals surface area (Å²) in [5.74, 6) is -0.691. The molecule has 1 aliphatic carbocycles. The number of carboxylic acid groups (broad SMARTS) is 1. The topological polar surface area (TPSA) is 84.3 Å². The molecule has 0 spiro atoms. The fourth-order valence-electron chi connectivity index (χ4n) is 4.12. The van der Waals surface area contributed by atoms with Crippen LogP contribution in [-0.4, -0.2) is 35.0 Å². The highest BCUT2D eigenvalue weighted by molar-refractivity contribution is 7.13. The maximum atomic E-state index is 14.2. The molecule has 32 heavy (non-hydrogen) atoms. The van der Waals surface area contributed by atoms with Crippen LogP contribution in [0, 0.1) is 11.2 Å². The Morgan fingerprint density at radius 3 is 2.84 bits per heavy atom. The minimum atomic E-state index is -0.939. The van der Waals surface area contributed by atoms with Crippen LogP contribution in [0.2, 0.25) is 5.02 Å². The van der Waals surface area contributed by atoms with E-state index in [-0.39, 0.29) is 16.9 Å². The average Bonchev–Trinajstić information content (AvgIpc) is 3.25. The molecule has 1 aliphatic rings. The molecular formula is C22H22BClFN3O3S. The molecule has 0 saturated heterocycles. The van der Waals surface area contributed by atoms with Crippen LogP contribution in [0.3, 0.4) is 0 Å². The number of benzene rings is 1. The lowest BCUT2D eigenvalue weighted by molar-refractivity contribution is -0.152. The normalized spacial score (nSPS) is 20.6. The van der Waals surface area contributed by atoms with E-state index in [0.29, 0.717) is 43.6 Å². The molecule has 2 N–H and O–H groups in total. The van der Waals surface area contributed by atoms with Crippen LogP contribution in [0.25, 0.3) is 0 Å². The summed E-state index contributed by atoms with van der Waals surface area (Å²) in [5, 5.41) is 15.9. The Morgan fingerprint density at radius 1 is 1.38 bits per heavy atom. The SMILES string of the molecule is Bc1cc(C[C@]2(C(=O)O)CC[C@H](Oc3cccc(Cl)c3F)CC2)nc(Nc2nccs2)c1. The molecule has 166 valence electrons. The van der Waals surface area contributed by atoms with Gasteiger partial charge in [0.15, 0.2) is 16.7 Å². The molecule has 1 saturated carbocycles. The number of thiazole rings is 1. The molecule has 0 atom stereocenters. The first-order valence-electron chi connectivity index (χ1n) is 10.3. The Hall–Kier alpha value is -2.65. The first kappa shape index (κ1) is 22.5. The monoisotopic (exact) mass is 473 g/mol. The lowest BCUT2D eigenvalue weighted by Crippen LogP contribution is -2.40. The van der Waals surface area contributed by atoms with Crippen molar-refractivity contribution in [3.63, 3.8) is 0 Å². The van der Waals surface area contributed by atoms with Gasteiger partial charge in [-0.15, -0.1) is 11.3 Å². The zero-order valence-corrected chi connectivity index (χ0v) is 19.0. The molecule has 4 rings (SSSR count). The first-order chi connectivity index (χ1) is 15.3. The van der Waals surface area contributed by atoms with Crippen molar-refractivity contribution in [2.75, 3.05) is 5.32 Å². The predicted molar refractivity (Wildman–Crippen MR) is 126 cm³/mol. The number of hydrogen-bond donors (Lipinski definition) is 2. The van der Waals surface area contributed by atoms with Gasteiger partial charge in [-0.3, -0.25) is 4.79 Å². The number of aromatic nitrogens is 2. The van der Waals surface area contributed by atoms with E-state index in [0.717, 1.165) is 10.6 Å². The number of ether oxygens (including phenoxy) is 1. The van der Waals surface area contributed by atoms with Crippen molar-refractivity contribution in [1.82, 2.24) is 9.97 Å². The van der Waals surface area contributed by atoms with Crippen molar-refractivity contribution < 1.29 is 19.0 Å². The molecule has 0 unspecified atom stereocenters. The second kappa shape index (κ2) is 9.46. The van der Waals surface area contributed by atoms with Crippen molar-refractivity contribution in [1.29, 1.82) is 0 Å². The molecule has 0 aliphatic heterocycles.